The first-order chi connectivity index (χ1) is 12.1. The molecule has 3 rings (SSSR count). The van der Waals surface area contributed by atoms with E-state index in [2.05, 4.69) is 16.0 Å². The molecule has 6 nitrogen and oxygen atoms in total. The first-order valence-electron chi connectivity index (χ1n) is 8.20. The predicted octanol–water partition coefficient (Wildman–Crippen LogP) is 2.97. The maximum atomic E-state index is 12.4. The van der Waals surface area contributed by atoms with Gasteiger partial charge in [0.1, 0.15) is 6.07 Å². The minimum atomic E-state index is -0.203. The van der Waals surface area contributed by atoms with Gasteiger partial charge in [0.2, 0.25) is 5.91 Å². The molecule has 1 aliphatic heterocycles. The summed E-state index contributed by atoms with van der Waals surface area (Å²) in [6.45, 7) is 6.24. The Bertz CT molecular complexity index is 778. The van der Waals surface area contributed by atoms with E-state index in [1.807, 2.05) is 37.3 Å². The molecule has 1 aromatic carbocycles. The van der Waals surface area contributed by atoms with E-state index in [0.29, 0.717) is 23.9 Å². The van der Waals surface area contributed by atoms with Gasteiger partial charge < -0.3 is 9.64 Å². The summed E-state index contributed by atoms with van der Waals surface area (Å²) in [7, 11) is 0. The fraction of sp³-hybridized carbons (Fsp3) is 0.389. The van der Waals surface area contributed by atoms with Gasteiger partial charge in [0.25, 0.3) is 0 Å². The van der Waals surface area contributed by atoms with Crippen LogP contribution in [0, 0.1) is 11.3 Å². The number of nitrogens with zero attached hydrogens (tertiary/aromatic N) is 4. The summed E-state index contributed by atoms with van der Waals surface area (Å²) in [5.41, 5.74) is 1.00. The minimum Gasteiger partial charge on any atom is -0.378 e. The number of aromatic nitrogens is 1. The van der Waals surface area contributed by atoms with E-state index in [1.54, 1.807) is 4.90 Å². The summed E-state index contributed by atoms with van der Waals surface area (Å²) in [4.78, 5) is 21.2. The third-order valence-corrected chi connectivity index (χ3v) is 5.23. The van der Waals surface area contributed by atoms with Crippen LogP contribution in [-0.4, -0.2) is 37.2 Å². The van der Waals surface area contributed by atoms with Crippen LogP contribution < -0.4 is 9.80 Å². The van der Waals surface area contributed by atoms with Gasteiger partial charge in [-0.05, 0) is 12.5 Å². The van der Waals surface area contributed by atoms with Crippen molar-refractivity contribution < 1.29 is 9.53 Å². The zero-order valence-corrected chi connectivity index (χ0v) is 15.1. The molecule has 2 aromatic rings. The average Bonchev–Trinajstić information content (AvgIpc) is 3.07. The van der Waals surface area contributed by atoms with Crippen LogP contribution in [0.1, 0.15) is 30.3 Å². The van der Waals surface area contributed by atoms with Gasteiger partial charge in [-0.2, -0.15) is 5.26 Å². The van der Waals surface area contributed by atoms with Gasteiger partial charge in [0.15, 0.2) is 15.8 Å². The topological polar surface area (TPSA) is 69.5 Å². The van der Waals surface area contributed by atoms with E-state index in [-0.39, 0.29) is 11.9 Å². The number of ether oxygens (including phenoxy) is 1. The normalized spacial score (nSPS) is 15.5. The van der Waals surface area contributed by atoms with Crippen molar-refractivity contribution in [2.75, 3.05) is 36.1 Å². The van der Waals surface area contributed by atoms with Crippen molar-refractivity contribution in [3.63, 3.8) is 0 Å². The van der Waals surface area contributed by atoms with E-state index in [1.165, 1.54) is 18.3 Å². The quantitative estimate of drug-likeness (QED) is 0.842. The lowest BCUT2D eigenvalue weighted by Gasteiger charge is -2.28. The largest absolute Gasteiger partial charge is 0.378 e. The molecule has 0 bridgehead atoms. The zero-order valence-electron chi connectivity index (χ0n) is 14.3. The Balaban J connectivity index is 1.97. The van der Waals surface area contributed by atoms with Crippen LogP contribution >= 0.6 is 11.3 Å². The summed E-state index contributed by atoms with van der Waals surface area (Å²) in [6, 6.07) is 11.8. The number of benzene rings is 1. The standard InChI is InChI=1S/C18H20N4O2S/c1-13(15-6-4-3-5-7-15)22(14(2)23)17-16(12-19)25-18(20-17)21-8-10-24-11-9-21/h3-7,13H,8-11H2,1-2H3. The number of carbonyl (C=O) groups excluding carboxylic acids is 1. The molecule has 1 fully saturated rings. The van der Waals surface area contributed by atoms with E-state index >= 15 is 0 Å². The molecule has 0 radical (unpaired) electrons. The van der Waals surface area contributed by atoms with Crippen molar-refractivity contribution in [2.24, 2.45) is 0 Å². The van der Waals surface area contributed by atoms with Gasteiger partial charge in [-0.3, -0.25) is 9.69 Å². The van der Waals surface area contributed by atoms with Crippen molar-refractivity contribution in [3.05, 3.63) is 40.8 Å². The second-order valence-corrected chi connectivity index (χ2v) is 6.81. The zero-order chi connectivity index (χ0) is 17.8. The molecular weight excluding hydrogens is 336 g/mol. The summed E-state index contributed by atoms with van der Waals surface area (Å²) in [6.07, 6.45) is 0. The number of hydrogen-bond acceptors (Lipinski definition) is 6. The monoisotopic (exact) mass is 356 g/mol. The van der Waals surface area contributed by atoms with Gasteiger partial charge in [-0.1, -0.05) is 41.7 Å². The highest BCUT2D eigenvalue weighted by atomic mass is 32.1. The Morgan fingerprint density at radius 1 is 1.36 bits per heavy atom. The Morgan fingerprint density at radius 3 is 2.64 bits per heavy atom. The van der Waals surface area contributed by atoms with E-state index in [4.69, 9.17) is 4.74 Å². The second kappa shape index (κ2) is 7.64. The lowest BCUT2D eigenvalue weighted by atomic mass is 10.1. The summed E-state index contributed by atoms with van der Waals surface area (Å²) in [5, 5.41) is 10.3. The molecule has 1 aromatic heterocycles. The fourth-order valence-corrected chi connectivity index (χ4v) is 3.82. The third kappa shape index (κ3) is 3.65. The molecule has 1 saturated heterocycles. The van der Waals surface area contributed by atoms with Crippen molar-refractivity contribution >= 4 is 28.2 Å². The smallest absolute Gasteiger partial charge is 0.225 e. The van der Waals surface area contributed by atoms with Gasteiger partial charge in [0.05, 0.1) is 19.3 Å². The molecule has 0 aliphatic carbocycles. The van der Waals surface area contributed by atoms with Crippen LogP contribution in [0.25, 0.3) is 0 Å². The van der Waals surface area contributed by atoms with Crippen molar-refractivity contribution in [1.82, 2.24) is 4.98 Å². The molecule has 1 unspecified atom stereocenters. The number of hydrogen-bond donors (Lipinski definition) is 0. The van der Waals surface area contributed by atoms with Crippen molar-refractivity contribution in [3.8, 4) is 6.07 Å². The number of anilines is 2. The minimum absolute atomic E-state index is 0.133. The first kappa shape index (κ1) is 17.4. The fourth-order valence-electron chi connectivity index (χ4n) is 2.91. The number of nitriles is 1. The molecule has 130 valence electrons. The molecule has 0 spiro atoms. The van der Waals surface area contributed by atoms with Crippen molar-refractivity contribution in [1.29, 1.82) is 5.26 Å². The maximum absolute atomic E-state index is 12.4. The SMILES string of the molecule is CC(=O)N(c1nc(N2CCOCC2)sc1C#N)C(C)c1ccccc1. The number of thiazole rings is 1. The summed E-state index contributed by atoms with van der Waals surface area (Å²) in [5.74, 6) is 0.310. The lowest BCUT2D eigenvalue weighted by molar-refractivity contribution is -0.117. The number of amides is 1. The first-order valence-corrected chi connectivity index (χ1v) is 9.02. The van der Waals surface area contributed by atoms with Crippen LogP contribution in [0.2, 0.25) is 0 Å². The lowest BCUT2D eigenvalue weighted by Crippen LogP contribution is -2.36. The van der Waals surface area contributed by atoms with Gasteiger partial charge >= 0.3 is 0 Å². The Kier molecular flexibility index (Phi) is 5.31. The third-order valence-electron chi connectivity index (χ3n) is 4.22. The summed E-state index contributed by atoms with van der Waals surface area (Å²) < 4.78 is 5.37. The molecule has 25 heavy (non-hydrogen) atoms. The van der Waals surface area contributed by atoms with Crippen LogP contribution in [0.4, 0.5) is 10.9 Å². The van der Waals surface area contributed by atoms with E-state index in [0.717, 1.165) is 23.8 Å². The average molecular weight is 356 g/mol. The predicted molar refractivity (Wildman–Crippen MR) is 97.9 cm³/mol. The maximum Gasteiger partial charge on any atom is 0.225 e. The molecule has 1 amide bonds. The molecule has 7 heteroatoms. The molecule has 0 saturated carbocycles. The van der Waals surface area contributed by atoms with E-state index in [9.17, 15) is 10.1 Å². The highest BCUT2D eigenvalue weighted by molar-refractivity contribution is 7.16. The highest BCUT2D eigenvalue weighted by Gasteiger charge is 2.28. The van der Waals surface area contributed by atoms with Gasteiger partial charge in [-0.25, -0.2) is 4.98 Å². The number of morpholine rings is 1. The highest BCUT2D eigenvalue weighted by Crippen LogP contribution is 2.36. The van der Waals surface area contributed by atoms with Crippen LogP contribution in [0.15, 0.2) is 30.3 Å². The van der Waals surface area contributed by atoms with Crippen LogP contribution in [-0.2, 0) is 9.53 Å². The molecule has 2 heterocycles. The Hall–Kier alpha value is -2.43. The molecular formula is C18H20N4O2S. The van der Waals surface area contributed by atoms with Crippen molar-refractivity contribution in [2.45, 2.75) is 19.9 Å². The van der Waals surface area contributed by atoms with Crippen LogP contribution in [0.3, 0.4) is 0 Å². The molecule has 0 N–H and O–H groups in total. The van der Waals surface area contributed by atoms with Gasteiger partial charge in [0, 0.05) is 20.0 Å². The Morgan fingerprint density at radius 2 is 2.04 bits per heavy atom. The summed E-state index contributed by atoms with van der Waals surface area (Å²) >= 11 is 1.33. The second-order valence-electron chi connectivity index (χ2n) is 5.84. The number of rotatable bonds is 4. The van der Waals surface area contributed by atoms with E-state index < -0.39 is 0 Å². The Labute approximate surface area is 151 Å². The molecule has 1 atom stereocenters. The van der Waals surface area contributed by atoms with Gasteiger partial charge in [-0.15, -0.1) is 0 Å². The molecule has 1 aliphatic rings. The number of carbonyl (C=O) groups is 1. The van der Waals surface area contributed by atoms with Crippen LogP contribution in [0.5, 0.6) is 0 Å².